The summed E-state index contributed by atoms with van der Waals surface area (Å²) >= 11 is 4.69. The standard InChI is InChI=1S/C26H18BrN3O4S/c1-30-24(31)23(35-26(30)29-21-9-6-16(7-10-21)25(32)33)13-19-12-20(27)8-11-22(19)34-15-18-5-3-2-4-17(18)14-28/h2-13H,15H2,1H3,(H,32,33)/b23-13+,29-26?. The van der Waals surface area contributed by atoms with Crippen molar-refractivity contribution in [2.45, 2.75) is 6.61 Å². The van der Waals surface area contributed by atoms with Crippen molar-refractivity contribution in [1.82, 2.24) is 4.90 Å². The molecule has 0 bridgehead atoms. The van der Waals surface area contributed by atoms with Gasteiger partial charge in [-0.2, -0.15) is 5.26 Å². The van der Waals surface area contributed by atoms with Crippen LogP contribution in [0.1, 0.15) is 27.0 Å². The Bertz CT molecular complexity index is 1410. The topological polar surface area (TPSA) is 103 Å². The van der Waals surface area contributed by atoms with E-state index >= 15 is 0 Å². The van der Waals surface area contributed by atoms with Crippen LogP contribution < -0.4 is 4.74 Å². The molecule has 1 amide bonds. The van der Waals surface area contributed by atoms with Crippen molar-refractivity contribution >= 4 is 56.5 Å². The molecule has 3 aromatic rings. The molecule has 0 saturated carbocycles. The predicted molar refractivity (Wildman–Crippen MR) is 138 cm³/mol. The molecule has 1 heterocycles. The third kappa shape index (κ3) is 5.62. The van der Waals surface area contributed by atoms with E-state index in [2.05, 4.69) is 27.0 Å². The molecule has 1 aliphatic heterocycles. The average molecular weight is 548 g/mol. The summed E-state index contributed by atoms with van der Waals surface area (Å²) in [5, 5.41) is 18.8. The second kappa shape index (κ2) is 10.6. The van der Waals surface area contributed by atoms with Gasteiger partial charge in [0, 0.05) is 22.6 Å². The van der Waals surface area contributed by atoms with Gasteiger partial charge in [-0.1, -0.05) is 34.1 Å². The number of likely N-dealkylation sites (N-methyl/N-ethyl adjacent to an activating group) is 1. The largest absolute Gasteiger partial charge is 0.488 e. The van der Waals surface area contributed by atoms with Crippen LogP contribution in [0.4, 0.5) is 5.69 Å². The van der Waals surface area contributed by atoms with Crippen LogP contribution in [0, 0.1) is 11.3 Å². The number of halogens is 1. The minimum absolute atomic E-state index is 0.164. The molecule has 1 saturated heterocycles. The number of carbonyl (C=O) groups is 2. The summed E-state index contributed by atoms with van der Waals surface area (Å²) in [6, 6.07) is 21.0. The minimum atomic E-state index is -1.01. The number of aromatic carboxylic acids is 1. The van der Waals surface area contributed by atoms with Gasteiger partial charge in [-0.15, -0.1) is 0 Å². The second-order valence-corrected chi connectivity index (χ2v) is 9.39. The molecule has 4 rings (SSSR count). The SMILES string of the molecule is CN1C(=O)/C(=C\c2cc(Br)ccc2OCc2ccccc2C#N)SC1=Nc1ccc(C(=O)O)cc1. The zero-order valence-electron chi connectivity index (χ0n) is 18.4. The highest BCUT2D eigenvalue weighted by atomic mass is 79.9. The van der Waals surface area contributed by atoms with E-state index < -0.39 is 5.97 Å². The Kier molecular flexibility index (Phi) is 7.34. The number of hydrogen-bond acceptors (Lipinski definition) is 6. The molecule has 9 heteroatoms. The zero-order chi connectivity index (χ0) is 24.9. The molecule has 1 N–H and O–H groups in total. The minimum Gasteiger partial charge on any atom is -0.488 e. The number of rotatable bonds is 6. The van der Waals surface area contributed by atoms with Crippen LogP contribution in [0.5, 0.6) is 5.75 Å². The van der Waals surface area contributed by atoms with Crippen LogP contribution in [-0.4, -0.2) is 34.1 Å². The van der Waals surface area contributed by atoms with Crippen molar-refractivity contribution in [3.8, 4) is 11.8 Å². The van der Waals surface area contributed by atoms with E-state index in [1.165, 1.54) is 28.8 Å². The number of amides is 1. The molecule has 35 heavy (non-hydrogen) atoms. The van der Waals surface area contributed by atoms with E-state index in [1.807, 2.05) is 24.3 Å². The maximum absolute atomic E-state index is 12.9. The highest BCUT2D eigenvalue weighted by molar-refractivity contribution is 9.10. The first kappa shape index (κ1) is 24.3. The van der Waals surface area contributed by atoms with Crippen LogP contribution in [-0.2, 0) is 11.4 Å². The Balaban J connectivity index is 1.59. The first-order valence-corrected chi connectivity index (χ1v) is 12.0. The van der Waals surface area contributed by atoms with Crippen LogP contribution in [0.25, 0.3) is 6.08 Å². The van der Waals surface area contributed by atoms with Gasteiger partial charge in [0.2, 0.25) is 0 Å². The molecule has 174 valence electrons. The van der Waals surface area contributed by atoms with E-state index in [-0.39, 0.29) is 18.1 Å². The van der Waals surface area contributed by atoms with Gasteiger partial charge in [-0.3, -0.25) is 9.69 Å². The molecule has 0 radical (unpaired) electrons. The lowest BCUT2D eigenvalue weighted by molar-refractivity contribution is -0.121. The van der Waals surface area contributed by atoms with Gasteiger partial charge in [0.1, 0.15) is 12.4 Å². The molecule has 1 fully saturated rings. The highest BCUT2D eigenvalue weighted by Crippen LogP contribution is 2.35. The summed E-state index contributed by atoms with van der Waals surface area (Å²) in [6.45, 7) is 0.210. The van der Waals surface area contributed by atoms with Crippen LogP contribution in [0.15, 0.2) is 81.1 Å². The number of hydrogen-bond donors (Lipinski definition) is 1. The molecular formula is C26H18BrN3O4S. The van der Waals surface area contributed by atoms with Gasteiger partial charge in [-0.05, 0) is 66.4 Å². The Morgan fingerprint density at radius 3 is 2.66 bits per heavy atom. The fraction of sp³-hybridized carbons (Fsp3) is 0.0769. The summed E-state index contributed by atoms with van der Waals surface area (Å²) in [5.74, 6) is -0.657. The normalized spacial score (nSPS) is 15.5. The number of nitrogens with zero attached hydrogens (tertiary/aromatic N) is 3. The van der Waals surface area contributed by atoms with Crippen molar-refractivity contribution in [1.29, 1.82) is 5.26 Å². The second-order valence-electron chi connectivity index (χ2n) is 7.46. The van der Waals surface area contributed by atoms with E-state index in [9.17, 15) is 14.9 Å². The fourth-order valence-electron chi connectivity index (χ4n) is 3.26. The average Bonchev–Trinajstić information content (AvgIpc) is 3.11. The number of amidine groups is 1. The number of carbonyl (C=O) groups excluding carboxylic acids is 1. The molecule has 1 aliphatic rings. The Morgan fingerprint density at radius 1 is 1.20 bits per heavy atom. The summed E-state index contributed by atoms with van der Waals surface area (Å²) in [4.78, 5) is 30.4. The van der Waals surface area contributed by atoms with E-state index in [0.29, 0.717) is 32.6 Å². The van der Waals surface area contributed by atoms with Crippen molar-refractivity contribution in [2.24, 2.45) is 4.99 Å². The monoisotopic (exact) mass is 547 g/mol. The predicted octanol–water partition coefficient (Wildman–Crippen LogP) is 5.83. The summed E-state index contributed by atoms with van der Waals surface area (Å²) in [6.07, 6.45) is 1.75. The van der Waals surface area contributed by atoms with Gasteiger partial charge in [0.25, 0.3) is 5.91 Å². The molecule has 0 aliphatic carbocycles. The van der Waals surface area contributed by atoms with Gasteiger partial charge >= 0.3 is 5.97 Å². The fourth-order valence-corrected chi connectivity index (χ4v) is 4.61. The number of ether oxygens (including phenoxy) is 1. The lowest BCUT2D eigenvalue weighted by Gasteiger charge is -2.11. The van der Waals surface area contributed by atoms with E-state index in [1.54, 1.807) is 43.5 Å². The van der Waals surface area contributed by atoms with Crippen molar-refractivity contribution in [3.63, 3.8) is 0 Å². The third-order valence-electron chi connectivity index (χ3n) is 5.12. The number of nitriles is 1. The van der Waals surface area contributed by atoms with E-state index in [4.69, 9.17) is 9.84 Å². The Morgan fingerprint density at radius 2 is 1.94 bits per heavy atom. The van der Waals surface area contributed by atoms with Crippen LogP contribution >= 0.6 is 27.7 Å². The van der Waals surface area contributed by atoms with Gasteiger partial charge < -0.3 is 9.84 Å². The first-order valence-electron chi connectivity index (χ1n) is 10.4. The maximum atomic E-state index is 12.9. The number of aliphatic imine (C=N–C) groups is 1. The van der Waals surface area contributed by atoms with Crippen molar-refractivity contribution in [2.75, 3.05) is 7.05 Å². The molecule has 3 aromatic carbocycles. The number of carboxylic acids is 1. The quantitative estimate of drug-likeness (QED) is 0.389. The van der Waals surface area contributed by atoms with Crippen molar-refractivity contribution < 1.29 is 19.4 Å². The number of thioether (sulfide) groups is 1. The summed E-state index contributed by atoms with van der Waals surface area (Å²) in [7, 11) is 1.64. The number of benzene rings is 3. The van der Waals surface area contributed by atoms with Crippen LogP contribution in [0.3, 0.4) is 0 Å². The molecule has 0 spiro atoms. The molecule has 7 nitrogen and oxygen atoms in total. The molecular weight excluding hydrogens is 530 g/mol. The Labute approximate surface area is 214 Å². The van der Waals surface area contributed by atoms with Gasteiger partial charge in [0.15, 0.2) is 5.17 Å². The number of carboxylic acid groups (broad SMARTS) is 1. The molecule has 0 unspecified atom stereocenters. The third-order valence-corrected chi connectivity index (χ3v) is 6.68. The highest BCUT2D eigenvalue weighted by Gasteiger charge is 2.30. The maximum Gasteiger partial charge on any atom is 0.335 e. The molecule has 0 aromatic heterocycles. The van der Waals surface area contributed by atoms with Gasteiger partial charge in [-0.25, -0.2) is 9.79 Å². The van der Waals surface area contributed by atoms with Crippen LogP contribution in [0.2, 0.25) is 0 Å². The van der Waals surface area contributed by atoms with Gasteiger partial charge in [0.05, 0.1) is 27.8 Å². The summed E-state index contributed by atoms with van der Waals surface area (Å²) in [5.41, 5.74) is 2.72. The smallest absolute Gasteiger partial charge is 0.335 e. The first-order chi connectivity index (χ1) is 16.9. The van der Waals surface area contributed by atoms with E-state index in [0.717, 1.165) is 10.0 Å². The Hall–Kier alpha value is -3.87. The lowest BCUT2D eigenvalue weighted by Crippen LogP contribution is -2.23. The zero-order valence-corrected chi connectivity index (χ0v) is 20.8. The molecule has 0 atom stereocenters. The lowest BCUT2D eigenvalue weighted by atomic mass is 10.1. The van der Waals surface area contributed by atoms with Crippen molar-refractivity contribution in [3.05, 3.63) is 98.4 Å². The summed E-state index contributed by atoms with van der Waals surface area (Å²) < 4.78 is 6.84.